The maximum Gasteiger partial charge on any atom is 0.255 e. The molecule has 3 amide bonds. The highest BCUT2D eigenvalue weighted by Gasteiger charge is 2.16. The largest absolute Gasteiger partial charge is 0.399 e. The van der Waals surface area contributed by atoms with E-state index in [1.54, 1.807) is 0 Å². The first kappa shape index (κ1) is 25.7. The van der Waals surface area contributed by atoms with Gasteiger partial charge in [0.15, 0.2) is 0 Å². The molecule has 0 aliphatic heterocycles. The zero-order chi connectivity index (χ0) is 24.5. The maximum atomic E-state index is 12.7. The number of carbonyl (C=O) groups is 3. The van der Waals surface area contributed by atoms with E-state index in [2.05, 4.69) is 16.0 Å². The van der Waals surface area contributed by atoms with E-state index in [1.165, 1.54) is 42.5 Å². The summed E-state index contributed by atoms with van der Waals surface area (Å²) < 4.78 is 0. The van der Waals surface area contributed by atoms with Crippen LogP contribution in [0.5, 0.6) is 0 Å². The fourth-order valence-corrected chi connectivity index (χ4v) is 2.66. The molecular formula is C21H27N5O7. The minimum atomic E-state index is -1.51. The summed E-state index contributed by atoms with van der Waals surface area (Å²) in [5.41, 5.74) is 11.8. The number of hydrogen-bond donors (Lipinski definition) is 9. The van der Waals surface area contributed by atoms with Crippen molar-refractivity contribution in [3.05, 3.63) is 59.2 Å². The Hall–Kier alpha value is -3.55. The zero-order valence-electron chi connectivity index (χ0n) is 17.6. The van der Waals surface area contributed by atoms with Crippen LogP contribution < -0.4 is 27.4 Å². The van der Waals surface area contributed by atoms with Gasteiger partial charge in [-0.3, -0.25) is 14.4 Å². The molecule has 0 aliphatic carbocycles. The van der Waals surface area contributed by atoms with Crippen molar-refractivity contribution in [2.45, 2.75) is 18.4 Å². The van der Waals surface area contributed by atoms with Gasteiger partial charge in [-0.25, -0.2) is 0 Å². The van der Waals surface area contributed by atoms with E-state index < -0.39 is 42.8 Å². The van der Waals surface area contributed by atoms with Crippen LogP contribution in [0.1, 0.15) is 31.1 Å². The number of benzene rings is 2. The molecule has 3 atom stereocenters. The highest BCUT2D eigenvalue weighted by molar-refractivity contribution is 6.07. The molecule has 0 radical (unpaired) electrons. The van der Waals surface area contributed by atoms with Crippen molar-refractivity contribution in [1.29, 1.82) is 0 Å². The number of carbonyl (C=O) groups excluding carboxylic acids is 3. The van der Waals surface area contributed by atoms with Gasteiger partial charge >= 0.3 is 0 Å². The summed E-state index contributed by atoms with van der Waals surface area (Å²) in [6, 6.07) is 9.95. The van der Waals surface area contributed by atoms with Gasteiger partial charge in [0.25, 0.3) is 17.7 Å². The molecule has 0 saturated carbocycles. The van der Waals surface area contributed by atoms with E-state index in [0.29, 0.717) is 0 Å². The lowest BCUT2D eigenvalue weighted by molar-refractivity contribution is 0.0242. The Labute approximate surface area is 189 Å². The topological polar surface area (TPSA) is 220 Å². The molecule has 12 nitrogen and oxygen atoms in total. The summed E-state index contributed by atoms with van der Waals surface area (Å²) in [5.74, 6) is -1.72. The van der Waals surface area contributed by atoms with Crippen LogP contribution in [-0.2, 0) is 0 Å². The average molecular weight is 461 g/mol. The number of nitrogens with one attached hydrogen (secondary N) is 3. The number of aliphatic hydroxyl groups excluding tert-OH is 4. The monoisotopic (exact) mass is 461 g/mol. The smallest absolute Gasteiger partial charge is 0.255 e. The van der Waals surface area contributed by atoms with E-state index in [-0.39, 0.29) is 41.2 Å². The van der Waals surface area contributed by atoms with Crippen molar-refractivity contribution in [3.63, 3.8) is 0 Å². The van der Waals surface area contributed by atoms with Gasteiger partial charge in [-0.05, 0) is 36.4 Å². The Morgan fingerprint density at radius 3 is 2.09 bits per heavy atom. The van der Waals surface area contributed by atoms with Gasteiger partial charge in [0.1, 0.15) is 12.3 Å². The molecule has 0 aromatic heterocycles. The predicted octanol–water partition coefficient (Wildman–Crippen LogP) is -2.03. The van der Waals surface area contributed by atoms with Gasteiger partial charge in [0, 0.05) is 41.2 Å². The quantitative estimate of drug-likeness (QED) is 0.140. The third-order valence-electron chi connectivity index (χ3n) is 4.44. The molecule has 2 aromatic rings. The first-order valence-electron chi connectivity index (χ1n) is 9.89. The molecule has 0 saturated heterocycles. The Balaban J connectivity index is 2.09. The van der Waals surface area contributed by atoms with E-state index in [1.807, 2.05) is 0 Å². The Morgan fingerprint density at radius 1 is 0.848 bits per heavy atom. The first-order chi connectivity index (χ1) is 15.6. The molecule has 0 spiro atoms. The molecule has 12 heteroatoms. The summed E-state index contributed by atoms with van der Waals surface area (Å²) in [6.07, 6.45) is -3.96. The molecule has 0 aliphatic rings. The lowest BCUT2D eigenvalue weighted by Gasteiger charge is -2.14. The molecule has 2 aromatic carbocycles. The molecule has 11 N–H and O–H groups in total. The fraction of sp³-hybridized carbons (Fsp3) is 0.286. The van der Waals surface area contributed by atoms with Crippen molar-refractivity contribution in [2.75, 3.05) is 30.7 Å². The van der Waals surface area contributed by atoms with Gasteiger partial charge in [-0.2, -0.15) is 0 Å². The number of nitrogen functional groups attached to an aromatic ring is 1. The van der Waals surface area contributed by atoms with Crippen LogP contribution in [0.4, 0.5) is 11.4 Å². The van der Waals surface area contributed by atoms with Crippen LogP contribution in [0.2, 0.25) is 0 Å². The van der Waals surface area contributed by atoms with Gasteiger partial charge in [0.2, 0.25) is 0 Å². The van der Waals surface area contributed by atoms with E-state index in [0.717, 1.165) is 0 Å². The van der Waals surface area contributed by atoms with E-state index in [4.69, 9.17) is 21.7 Å². The molecule has 0 heterocycles. The van der Waals surface area contributed by atoms with Gasteiger partial charge < -0.3 is 47.8 Å². The van der Waals surface area contributed by atoms with Gasteiger partial charge in [0.05, 0.1) is 12.7 Å². The number of rotatable bonds is 10. The molecular weight excluding hydrogens is 434 g/mol. The predicted molar refractivity (Wildman–Crippen MR) is 119 cm³/mol. The molecule has 3 unspecified atom stereocenters. The van der Waals surface area contributed by atoms with Crippen LogP contribution >= 0.6 is 0 Å². The minimum absolute atomic E-state index is 0.129. The lowest BCUT2D eigenvalue weighted by atomic mass is 10.1. The summed E-state index contributed by atoms with van der Waals surface area (Å²) in [5, 5.41) is 44.1. The van der Waals surface area contributed by atoms with Crippen LogP contribution in [0.3, 0.4) is 0 Å². The second kappa shape index (κ2) is 11.9. The summed E-state index contributed by atoms with van der Waals surface area (Å²) in [6.45, 7) is -0.955. The van der Waals surface area contributed by atoms with Gasteiger partial charge in [-0.1, -0.05) is 6.07 Å². The second-order valence-corrected chi connectivity index (χ2v) is 7.19. The van der Waals surface area contributed by atoms with E-state index >= 15 is 0 Å². The van der Waals surface area contributed by atoms with Crippen molar-refractivity contribution < 1.29 is 34.8 Å². The van der Waals surface area contributed by atoms with Gasteiger partial charge in [-0.15, -0.1) is 0 Å². The van der Waals surface area contributed by atoms with Crippen LogP contribution in [0.15, 0.2) is 42.5 Å². The number of nitrogens with two attached hydrogens (primary N) is 2. The molecule has 33 heavy (non-hydrogen) atoms. The zero-order valence-corrected chi connectivity index (χ0v) is 17.6. The Kier molecular flexibility index (Phi) is 9.27. The normalized spacial score (nSPS) is 13.5. The fourth-order valence-electron chi connectivity index (χ4n) is 2.66. The van der Waals surface area contributed by atoms with Crippen LogP contribution in [-0.4, -0.2) is 76.3 Å². The number of amides is 3. The van der Waals surface area contributed by atoms with E-state index in [9.17, 15) is 24.6 Å². The van der Waals surface area contributed by atoms with Crippen molar-refractivity contribution in [1.82, 2.24) is 10.6 Å². The molecule has 0 fully saturated rings. The Bertz CT molecular complexity index is 999. The third-order valence-corrected chi connectivity index (χ3v) is 4.44. The number of anilines is 2. The lowest BCUT2D eigenvalue weighted by Crippen LogP contribution is -2.43. The molecule has 2 rings (SSSR count). The minimum Gasteiger partial charge on any atom is -0.399 e. The SMILES string of the molecule is Nc1cc(NC(=O)c2cccc(C(=O)NCC(O)C(N)O)c2)cc(C(=O)NCC(O)CO)c1. The highest BCUT2D eigenvalue weighted by Crippen LogP contribution is 2.18. The summed E-state index contributed by atoms with van der Waals surface area (Å²) in [7, 11) is 0. The van der Waals surface area contributed by atoms with Crippen molar-refractivity contribution in [2.24, 2.45) is 5.73 Å². The molecule has 0 bridgehead atoms. The maximum absolute atomic E-state index is 12.7. The number of hydrogen-bond acceptors (Lipinski definition) is 9. The second-order valence-electron chi connectivity index (χ2n) is 7.19. The highest BCUT2D eigenvalue weighted by atomic mass is 16.3. The number of aliphatic hydroxyl groups is 4. The average Bonchev–Trinajstić information content (AvgIpc) is 2.79. The van der Waals surface area contributed by atoms with Crippen LogP contribution in [0, 0.1) is 0 Å². The standard InChI is InChI=1S/C21H27N5O7/c22-14-5-13(20(32)24-8-16(28)10-27)6-15(7-14)26-21(33)12-3-1-2-11(4-12)19(31)25-9-17(29)18(23)30/h1-7,16-18,27-30H,8-10,22-23H2,(H,24,32)(H,25,31)(H,26,33). The first-order valence-corrected chi connectivity index (χ1v) is 9.89. The molecule has 178 valence electrons. The summed E-state index contributed by atoms with van der Waals surface area (Å²) in [4.78, 5) is 37.1. The Morgan fingerprint density at radius 2 is 1.45 bits per heavy atom. The van der Waals surface area contributed by atoms with Crippen molar-refractivity contribution in [3.8, 4) is 0 Å². The third kappa shape index (κ3) is 7.82. The van der Waals surface area contributed by atoms with Crippen molar-refractivity contribution >= 4 is 29.1 Å². The van der Waals surface area contributed by atoms with Crippen LogP contribution in [0.25, 0.3) is 0 Å². The summed E-state index contributed by atoms with van der Waals surface area (Å²) >= 11 is 0.